The molecule has 0 saturated heterocycles. The van der Waals surface area contributed by atoms with Crippen LogP contribution in [0.2, 0.25) is 0 Å². The largest absolute Gasteiger partial charge is 0.475 e. The molecule has 3 heteroatoms. The molecule has 2 N–H and O–H groups in total. The van der Waals surface area contributed by atoms with Gasteiger partial charge in [-0.15, -0.1) is 0 Å². The van der Waals surface area contributed by atoms with Gasteiger partial charge in [0.15, 0.2) is 0 Å². The topological polar surface area (TPSA) is 41.5 Å². The second kappa shape index (κ2) is 6.62. The van der Waals surface area contributed by atoms with Crippen molar-refractivity contribution in [3.63, 3.8) is 0 Å². The third-order valence-electron chi connectivity index (χ3n) is 2.82. The monoisotopic (exact) mass is 237 g/mol. The van der Waals surface area contributed by atoms with E-state index >= 15 is 0 Å². The van der Waals surface area contributed by atoms with E-state index in [0.717, 1.165) is 23.3 Å². The summed E-state index contributed by atoms with van der Waals surface area (Å²) in [5.74, 6) is 0.929. The van der Waals surface area contributed by atoms with Crippen molar-refractivity contribution >= 4 is 0 Å². The highest BCUT2D eigenvalue weighted by Crippen LogP contribution is 2.22. The number of benzene rings is 1. The fourth-order valence-corrected chi connectivity index (χ4v) is 1.65. The van der Waals surface area contributed by atoms with E-state index in [-0.39, 0.29) is 12.3 Å². The lowest BCUT2D eigenvalue weighted by Crippen LogP contribution is -2.37. The lowest BCUT2D eigenvalue weighted by atomic mass is 10.1. The second-order valence-electron chi connectivity index (χ2n) is 4.45. The molecule has 0 aliphatic heterocycles. The van der Waals surface area contributed by atoms with Crippen LogP contribution in [0.1, 0.15) is 31.4 Å². The smallest absolute Gasteiger partial charge is 0.147 e. The van der Waals surface area contributed by atoms with Crippen molar-refractivity contribution in [2.24, 2.45) is 0 Å². The van der Waals surface area contributed by atoms with Gasteiger partial charge in [-0.1, -0.05) is 25.1 Å². The highest BCUT2D eigenvalue weighted by molar-refractivity contribution is 5.39. The first-order chi connectivity index (χ1) is 8.04. The molecule has 1 aromatic rings. The van der Waals surface area contributed by atoms with Gasteiger partial charge in [0.25, 0.3) is 0 Å². The molecule has 0 bridgehead atoms. The number of hydrogen-bond acceptors (Lipinski definition) is 3. The Morgan fingerprint density at radius 2 is 1.88 bits per heavy atom. The SMILES string of the molecule is CCC(O)CNC(C)Oc1c(C)cccc1C. The van der Waals surface area contributed by atoms with E-state index in [9.17, 15) is 5.11 Å². The lowest BCUT2D eigenvalue weighted by Gasteiger charge is -2.20. The van der Waals surface area contributed by atoms with Crippen LogP contribution in [0.3, 0.4) is 0 Å². The van der Waals surface area contributed by atoms with Crippen LogP contribution < -0.4 is 10.1 Å². The third kappa shape index (κ3) is 4.36. The van der Waals surface area contributed by atoms with Crippen LogP contribution in [-0.2, 0) is 0 Å². The summed E-state index contributed by atoms with van der Waals surface area (Å²) < 4.78 is 5.85. The summed E-state index contributed by atoms with van der Waals surface area (Å²) in [7, 11) is 0. The minimum Gasteiger partial charge on any atom is -0.475 e. The van der Waals surface area contributed by atoms with Gasteiger partial charge in [0.05, 0.1) is 6.10 Å². The maximum absolute atomic E-state index is 9.46. The number of aryl methyl sites for hydroxylation is 2. The average molecular weight is 237 g/mol. The van der Waals surface area contributed by atoms with Crippen molar-refractivity contribution < 1.29 is 9.84 Å². The van der Waals surface area contributed by atoms with E-state index in [4.69, 9.17) is 4.74 Å². The molecule has 0 saturated carbocycles. The number of hydrogen-bond donors (Lipinski definition) is 2. The average Bonchev–Trinajstić information content (AvgIpc) is 2.31. The molecule has 0 aliphatic rings. The normalized spacial score (nSPS) is 14.4. The summed E-state index contributed by atoms with van der Waals surface area (Å²) >= 11 is 0. The van der Waals surface area contributed by atoms with Crippen molar-refractivity contribution in [1.29, 1.82) is 0 Å². The first kappa shape index (κ1) is 14.0. The number of aliphatic hydroxyl groups excluding tert-OH is 1. The Balaban J connectivity index is 2.53. The summed E-state index contributed by atoms with van der Waals surface area (Å²) in [6.07, 6.45) is 0.346. The Labute approximate surface area is 104 Å². The quantitative estimate of drug-likeness (QED) is 0.746. The molecule has 1 aromatic carbocycles. The summed E-state index contributed by atoms with van der Waals surface area (Å²) in [6, 6.07) is 6.10. The molecule has 3 nitrogen and oxygen atoms in total. The summed E-state index contributed by atoms with van der Waals surface area (Å²) in [6.45, 7) is 8.55. The maximum atomic E-state index is 9.46. The van der Waals surface area contributed by atoms with Crippen molar-refractivity contribution in [2.45, 2.75) is 46.4 Å². The van der Waals surface area contributed by atoms with Gasteiger partial charge in [-0.25, -0.2) is 0 Å². The van der Waals surface area contributed by atoms with Gasteiger partial charge in [-0.2, -0.15) is 0 Å². The van der Waals surface area contributed by atoms with Crippen molar-refractivity contribution in [1.82, 2.24) is 5.32 Å². The highest BCUT2D eigenvalue weighted by atomic mass is 16.5. The predicted octanol–water partition coefficient (Wildman–Crippen LogP) is 2.39. The Bertz CT molecular complexity index is 332. The zero-order valence-electron chi connectivity index (χ0n) is 11.2. The molecule has 0 aromatic heterocycles. The number of aliphatic hydroxyl groups is 1. The van der Waals surface area contributed by atoms with Gasteiger partial charge >= 0.3 is 0 Å². The molecule has 0 aliphatic carbocycles. The molecule has 0 amide bonds. The van der Waals surface area contributed by atoms with E-state index in [1.807, 2.05) is 45.9 Å². The Hall–Kier alpha value is -1.06. The maximum Gasteiger partial charge on any atom is 0.147 e. The Morgan fingerprint density at radius 3 is 2.41 bits per heavy atom. The van der Waals surface area contributed by atoms with Gasteiger partial charge < -0.3 is 9.84 Å². The summed E-state index contributed by atoms with van der Waals surface area (Å²) in [5, 5.41) is 12.6. The lowest BCUT2D eigenvalue weighted by molar-refractivity contribution is 0.124. The molecule has 2 unspecified atom stereocenters. The Morgan fingerprint density at radius 1 is 1.29 bits per heavy atom. The standard InChI is InChI=1S/C14H23NO2/c1-5-13(16)9-15-12(4)17-14-10(2)7-6-8-11(14)3/h6-8,12-13,15-16H,5,9H2,1-4H3. The van der Waals surface area contributed by atoms with Crippen molar-refractivity contribution in [2.75, 3.05) is 6.54 Å². The molecule has 0 heterocycles. The van der Waals surface area contributed by atoms with Crippen LogP contribution in [-0.4, -0.2) is 24.0 Å². The second-order valence-corrected chi connectivity index (χ2v) is 4.45. The van der Waals surface area contributed by atoms with Crippen LogP contribution >= 0.6 is 0 Å². The first-order valence-electron chi connectivity index (χ1n) is 6.19. The molecule has 17 heavy (non-hydrogen) atoms. The van der Waals surface area contributed by atoms with E-state index < -0.39 is 0 Å². The zero-order valence-corrected chi connectivity index (χ0v) is 11.2. The van der Waals surface area contributed by atoms with Gasteiger partial charge in [0, 0.05) is 6.54 Å². The van der Waals surface area contributed by atoms with E-state index in [1.165, 1.54) is 0 Å². The zero-order chi connectivity index (χ0) is 12.8. The van der Waals surface area contributed by atoms with Gasteiger partial charge in [0.1, 0.15) is 12.0 Å². The van der Waals surface area contributed by atoms with Gasteiger partial charge in [-0.05, 0) is 38.3 Å². The molecule has 0 fully saturated rings. The van der Waals surface area contributed by atoms with Gasteiger partial charge in [-0.3, -0.25) is 5.32 Å². The van der Waals surface area contributed by atoms with Crippen LogP contribution in [0.25, 0.3) is 0 Å². The molecule has 2 atom stereocenters. The molecular formula is C14H23NO2. The third-order valence-corrected chi connectivity index (χ3v) is 2.82. The fourth-order valence-electron chi connectivity index (χ4n) is 1.65. The highest BCUT2D eigenvalue weighted by Gasteiger charge is 2.09. The summed E-state index contributed by atoms with van der Waals surface area (Å²) in [4.78, 5) is 0. The molecule has 0 radical (unpaired) electrons. The number of para-hydroxylation sites is 1. The Kier molecular flexibility index (Phi) is 5.45. The molecule has 1 rings (SSSR count). The van der Waals surface area contributed by atoms with E-state index in [2.05, 4.69) is 5.32 Å². The molecular weight excluding hydrogens is 214 g/mol. The van der Waals surface area contributed by atoms with Crippen molar-refractivity contribution in [3.05, 3.63) is 29.3 Å². The van der Waals surface area contributed by atoms with Crippen molar-refractivity contribution in [3.8, 4) is 5.75 Å². The number of nitrogens with one attached hydrogen (secondary N) is 1. The molecule has 0 spiro atoms. The van der Waals surface area contributed by atoms with E-state index in [1.54, 1.807) is 0 Å². The number of ether oxygens (including phenoxy) is 1. The minimum atomic E-state index is -0.306. The predicted molar refractivity (Wildman–Crippen MR) is 70.3 cm³/mol. The molecule has 96 valence electrons. The minimum absolute atomic E-state index is 0.101. The van der Waals surface area contributed by atoms with Crippen LogP contribution in [0, 0.1) is 13.8 Å². The summed E-state index contributed by atoms with van der Waals surface area (Å²) in [5.41, 5.74) is 2.27. The fraction of sp³-hybridized carbons (Fsp3) is 0.571. The first-order valence-corrected chi connectivity index (χ1v) is 6.19. The van der Waals surface area contributed by atoms with Crippen LogP contribution in [0.15, 0.2) is 18.2 Å². The number of rotatable bonds is 6. The van der Waals surface area contributed by atoms with Gasteiger partial charge in [0.2, 0.25) is 0 Å². The van der Waals surface area contributed by atoms with E-state index in [0.29, 0.717) is 6.54 Å². The van der Waals surface area contributed by atoms with Crippen LogP contribution in [0.4, 0.5) is 0 Å². The van der Waals surface area contributed by atoms with Crippen LogP contribution in [0.5, 0.6) is 5.75 Å².